The van der Waals surface area contributed by atoms with E-state index < -0.39 is 0 Å². The molecule has 2 amide bonds. The maximum atomic E-state index is 13.3. The Bertz CT molecular complexity index is 1350. The molecule has 0 saturated carbocycles. The van der Waals surface area contributed by atoms with Gasteiger partial charge in [0.15, 0.2) is 0 Å². The first kappa shape index (κ1) is 22.0. The third kappa shape index (κ3) is 3.80. The lowest BCUT2D eigenvalue weighted by molar-refractivity contribution is 0.0888. The summed E-state index contributed by atoms with van der Waals surface area (Å²) in [4.78, 5) is 30.0. The van der Waals surface area contributed by atoms with Gasteiger partial charge in [-0.15, -0.1) is 0 Å². The molecule has 5 rings (SSSR count). The van der Waals surface area contributed by atoms with Crippen molar-refractivity contribution in [1.29, 1.82) is 0 Å². The summed E-state index contributed by atoms with van der Waals surface area (Å²) in [6.45, 7) is 0. The number of carbonyl (C=O) groups excluding carboxylic acids is 2. The quantitative estimate of drug-likeness (QED) is 0.390. The molecule has 4 aromatic rings. The number of anilines is 1. The van der Waals surface area contributed by atoms with E-state index in [2.05, 4.69) is 20.9 Å². The van der Waals surface area contributed by atoms with Crippen molar-refractivity contribution < 1.29 is 14.0 Å². The maximum Gasteiger partial charge on any atom is 0.294 e. The molecule has 0 saturated heterocycles. The molecule has 0 radical (unpaired) electrons. The number of aryl methyl sites for hydroxylation is 1. The molecule has 0 aliphatic heterocycles. The number of carbonyl (C=O) groups is 2. The fourth-order valence-electron chi connectivity index (χ4n) is 4.64. The third-order valence-corrected chi connectivity index (χ3v) is 6.69. The lowest BCUT2D eigenvalue weighted by Gasteiger charge is -2.32. The molecule has 2 atom stereocenters. The summed E-state index contributed by atoms with van der Waals surface area (Å²) < 4.78 is 7.21. The zero-order chi connectivity index (χ0) is 23.8. The molecule has 8 nitrogen and oxygen atoms in total. The molecule has 3 N–H and O–H groups in total. The van der Waals surface area contributed by atoms with Crippen molar-refractivity contribution in [2.45, 2.75) is 24.9 Å². The number of halogens is 1. The van der Waals surface area contributed by atoms with Crippen LogP contribution in [0.25, 0.3) is 10.9 Å². The molecule has 9 heteroatoms. The topological polar surface area (TPSA) is 101 Å². The van der Waals surface area contributed by atoms with E-state index in [0.717, 1.165) is 22.0 Å². The van der Waals surface area contributed by atoms with E-state index in [1.165, 1.54) is 6.20 Å². The zero-order valence-corrected chi connectivity index (χ0v) is 19.5. The first-order valence-corrected chi connectivity index (χ1v) is 11.4. The molecule has 2 heterocycles. The molecule has 0 fully saturated rings. The molecule has 0 spiro atoms. The van der Waals surface area contributed by atoms with Crippen molar-refractivity contribution >= 4 is 40.3 Å². The van der Waals surface area contributed by atoms with Gasteiger partial charge in [-0.25, -0.2) is 4.98 Å². The summed E-state index contributed by atoms with van der Waals surface area (Å²) in [7, 11) is 3.51. The average molecular weight is 478 g/mol. The highest BCUT2D eigenvalue weighted by Crippen LogP contribution is 2.37. The van der Waals surface area contributed by atoms with Crippen LogP contribution in [0.4, 0.5) is 6.01 Å². The highest BCUT2D eigenvalue weighted by Gasteiger charge is 2.31. The maximum absolute atomic E-state index is 13.3. The minimum Gasteiger partial charge on any atom is -0.418 e. The number of nitrogens with zero attached hydrogens (tertiary/aromatic N) is 2. The first-order chi connectivity index (χ1) is 16.5. The fourth-order valence-corrected chi connectivity index (χ4v) is 5.01. The molecular weight excluding hydrogens is 454 g/mol. The van der Waals surface area contributed by atoms with Crippen LogP contribution in [0.2, 0.25) is 5.02 Å². The number of aromatic nitrogens is 2. The molecule has 2 unspecified atom stereocenters. The predicted octanol–water partition coefficient (Wildman–Crippen LogP) is 4.60. The monoisotopic (exact) mass is 477 g/mol. The fraction of sp³-hybridized carbons (Fsp3) is 0.240. The van der Waals surface area contributed by atoms with E-state index in [0.29, 0.717) is 23.6 Å². The van der Waals surface area contributed by atoms with Crippen LogP contribution in [0.5, 0.6) is 0 Å². The van der Waals surface area contributed by atoms with E-state index >= 15 is 0 Å². The van der Waals surface area contributed by atoms with Gasteiger partial charge < -0.3 is 24.9 Å². The summed E-state index contributed by atoms with van der Waals surface area (Å²) in [6.07, 6.45) is 2.71. The van der Waals surface area contributed by atoms with Gasteiger partial charge in [0.2, 0.25) is 5.76 Å². The van der Waals surface area contributed by atoms with E-state index in [1.807, 2.05) is 60.1 Å². The number of amides is 2. The Morgan fingerprint density at radius 1 is 1.00 bits per heavy atom. The lowest BCUT2D eigenvalue weighted by Crippen LogP contribution is -2.37. The van der Waals surface area contributed by atoms with Crippen LogP contribution in [0.15, 0.2) is 59.1 Å². The number of nitrogens with one attached hydrogen (secondary N) is 3. The van der Waals surface area contributed by atoms with Crippen LogP contribution in [0.3, 0.4) is 0 Å². The number of hydrogen-bond donors (Lipinski definition) is 3. The van der Waals surface area contributed by atoms with Gasteiger partial charge in [0.25, 0.3) is 17.8 Å². The SMILES string of the molecule is CNc1ncc(C(=O)NC2CCC(NC(=O)c3c(Cl)c4ccccc4n3C)c3ccccc32)o1. The Balaban J connectivity index is 1.38. The largest absolute Gasteiger partial charge is 0.418 e. The standard InChI is InChI=1S/C25H24ClN5O3/c1-27-25-28-13-20(34-25)23(32)29-17-11-12-18(15-8-4-3-7-14(15)17)30-24(33)22-21(26)16-9-5-6-10-19(16)31(22)2/h3-10,13,17-18H,11-12H2,1-2H3,(H,27,28)(H,29,32)(H,30,33). The number of para-hydroxylation sites is 1. The molecule has 2 aromatic carbocycles. The Kier molecular flexibility index (Phi) is 5.75. The second-order valence-corrected chi connectivity index (χ2v) is 8.65. The van der Waals surface area contributed by atoms with Gasteiger partial charge >= 0.3 is 0 Å². The Labute approximate surface area is 201 Å². The van der Waals surface area contributed by atoms with Gasteiger partial charge in [-0.1, -0.05) is 54.1 Å². The first-order valence-electron chi connectivity index (χ1n) is 11.0. The lowest BCUT2D eigenvalue weighted by atomic mass is 9.84. The number of oxazole rings is 1. The summed E-state index contributed by atoms with van der Waals surface area (Å²) in [5.74, 6) is -0.423. The van der Waals surface area contributed by atoms with Gasteiger partial charge in [0.1, 0.15) is 5.69 Å². The average Bonchev–Trinajstić information content (AvgIpc) is 3.44. The van der Waals surface area contributed by atoms with Crippen LogP contribution in [0, 0.1) is 0 Å². The molecule has 2 aromatic heterocycles. The van der Waals surface area contributed by atoms with Crippen molar-refractivity contribution in [2.75, 3.05) is 12.4 Å². The second-order valence-electron chi connectivity index (χ2n) is 8.28. The van der Waals surface area contributed by atoms with E-state index in [1.54, 1.807) is 7.05 Å². The van der Waals surface area contributed by atoms with Crippen molar-refractivity contribution in [2.24, 2.45) is 7.05 Å². The summed E-state index contributed by atoms with van der Waals surface area (Å²) >= 11 is 6.58. The van der Waals surface area contributed by atoms with Crippen LogP contribution < -0.4 is 16.0 Å². The van der Waals surface area contributed by atoms with Gasteiger partial charge in [0, 0.05) is 25.0 Å². The smallest absolute Gasteiger partial charge is 0.294 e. The second kappa shape index (κ2) is 8.87. The van der Waals surface area contributed by atoms with Gasteiger partial charge in [-0.2, -0.15) is 0 Å². The van der Waals surface area contributed by atoms with E-state index in [9.17, 15) is 9.59 Å². The van der Waals surface area contributed by atoms with Crippen LogP contribution in [-0.4, -0.2) is 28.4 Å². The number of rotatable bonds is 5. The molecule has 1 aliphatic carbocycles. The molecule has 0 bridgehead atoms. The van der Waals surface area contributed by atoms with Crippen molar-refractivity contribution in [3.05, 3.63) is 82.3 Å². The van der Waals surface area contributed by atoms with Gasteiger partial charge in [-0.3, -0.25) is 9.59 Å². The van der Waals surface area contributed by atoms with Crippen molar-refractivity contribution in [1.82, 2.24) is 20.2 Å². The minimum atomic E-state index is -0.335. The van der Waals surface area contributed by atoms with E-state index in [-0.39, 0.29) is 35.7 Å². The van der Waals surface area contributed by atoms with E-state index in [4.69, 9.17) is 16.0 Å². The minimum absolute atomic E-state index is 0.141. The summed E-state index contributed by atoms with van der Waals surface area (Å²) in [5.41, 5.74) is 3.26. The van der Waals surface area contributed by atoms with Gasteiger partial charge in [-0.05, 0) is 30.0 Å². The molecule has 1 aliphatic rings. The Hall–Kier alpha value is -3.78. The normalized spacial score (nSPS) is 17.3. The Morgan fingerprint density at radius 2 is 1.62 bits per heavy atom. The summed E-state index contributed by atoms with van der Waals surface area (Å²) in [6, 6.07) is 15.4. The Morgan fingerprint density at radius 3 is 2.24 bits per heavy atom. The number of fused-ring (bicyclic) bond motifs is 2. The zero-order valence-electron chi connectivity index (χ0n) is 18.8. The number of hydrogen-bond acceptors (Lipinski definition) is 5. The molecule has 34 heavy (non-hydrogen) atoms. The molecule has 174 valence electrons. The van der Waals surface area contributed by atoms with Gasteiger partial charge in [0.05, 0.1) is 23.3 Å². The summed E-state index contributed by atoms with van der Waals surface area (Å²) in [5, 5.41) is 10.2. The number of benzene rings is 2. The van der Waals surface area contributed by atoms with Crippen molar-refractivity contribution in [3.8, 4) is 0 Å². The molecular formula is C25H24ClN5O3. The van der Waals surface area contributed by atoms with Crippen LogP contribution >= 0.6 is 11.6 Å². The van der Waals surface area contributed by atoms with Crippen molar-refractivity contribution in [3.63, 3.8) is 0 Å². The highest BCUT2D eigenvalue weighted by molar-refractivity contribution is 6.38. The highest BCUT2D eigenvalue weighted by atomic mass is 35.5. The predicted molar refractivity (Wildman–Crippen MR) is 130 cm³/mol. The van der Waals surface area contributed by atoms with Crippen LogP contribution in [-0.2, 0) is 7.05 Å². The van der Waals surface area contributed by atoms with Crippen LogP contribution in [0.1, 0.15) is 57.1 Å². The third-order valence-electron chi connectivity index (χ3n) is 6.31.